The molecule has 0 aliphatic heterocycles. The van der Waals surface area contributed by atoms with E-state index >= 15 is 0 Å². The SMILES string of the molecule is COC(=O)C#Cc1ccc(N)c(C#N)c1. The number of methoxy groups -OCH3 is 1. The van der Waals surface area contributed by atoms with Crippen molar-refractivity contribution in [3.8, 4) is 17.9 Å². The summed E-state index contributed by atoms with van der Waals surface area (Å²) in [5.41, 5.74) is 6.80. The van der Waals surface area contributed by atoms with E-state index in [0.717, 1.165) is 0 Å². The van der Waals surface area contributed by atoms with Gasteiger partial charge in [-0.1, -0.05) is 5.92 Å². The molecule has 4 heteroatoms. The number of hydrogen-bond acceptors (Lipinski definition) is 4. The van der Waals surface area contributed by atoms with Crippen molar-refractivity contribution in [1.82, 2.24) is 0 Å². The molecule has 0 bridgehead atoms. The first kappa shape index (κ1) is 10.6. The molecule has 0 aromatic heterocycles. The third-order valence-corrected chi connectivity index (χ3v) is 1.67. The van der Waals surface area contributed by atoms with E-state index in [1.165, 1.54) is 13.2 Å². The monoisotopic (exact) mass is 200 g/mol. The van der Waals surface area contributed by atoms with E-state index in [2.05, 4.69) is 16.6 Å². The highest BCUT2D eigenvalue weighted by atomic mass is 16.5. The molecule has 4 nitrogen and oxygen atoms in total. The molecule has 1 rings (SSSR count). The maximum Gasteiger partial charge on any atom is 0.384 e. The normalized spacial score (nSPS) is 8.27. The lowest BCUT2D eigenvalue weighted by Gasteiger charge is -1.96. The molecule has 0 heterocycles. The number of nitrogen functional groups attached to an aromatic ring is 1. The number of esters is 1. The minimum Gasteiger partial charge on any atom is -0.459 e. The first-order chi connectivity index (χ1) is 7.17. The Hall–Kier alpha value is -2.46. The number of carbonyl (C=O) groups excluding carboxylic acids is 1. The van der Waals surface area contributed by atoms with Crippen LogP contribution in [0.4, 0.5) is 5.69 Å². The van der Waals surface area contributed by atoms with Crippen LogP contribution in [0.25, 0.3) is 0 Å². The molecule has 0 atom stereocenters. The van der Waals surface area contributed by atoms with Crippen molar-refractivity contribution in [3.05, 3.63) is 29.3 Å². The smallest absolute Gasteiger partial charge is 0.384 e. The Morgan fingerprint density at radius 3 is 2.87 bits per heavy atom. The fourth-order valence-electron chi connectivity index (χ4n) is 0.905. The summed E-state index contributed by atoms with van der Waals surface area (Å²) in [5.74, 6) is 4.20. The van der Waals surface area contributed by atoms with Crippen LogP contribution in [0.5, 0.6) is 0 Å². The molecule has 0 aliphatic rings. The summed E-state index contributed by atoms with van der Waals surface area (Å²) in [6.07, 6.45) is 0. The molecule has 0 aliphatic carbocycles. The number of nitriles is 1. The van der Waals surface area contributed by atoms with E-state index in [9.17, 15) is 4.79 Å². The first-order valence-corrected chi connectivity index (χ1v) is 4.07. The molecule has 1 aromatic rings. The molecule has 0 saturated heterocycles. The topological polar surface area (TPSA) is 76.1 Å². The number of hydrogen-bond donors (Lipinski definition) is 1. The van der Waals surface area contributed by atoms with E-state index in [4.69, 9.17) is 11.0 Å². The molecule has 1 aromatic carbocycles. The van der Waals surface area contributed by atoms with Crippen molar-refractivity contribution < 1.29 is 9.53 Å². The van der Waals surface area contributed by atoms with Crippen molar-refractivity contribution in [2.24, 2.45) is 0 Å². The number of anilines is 1. The Bertz CT molecular complexity index is 490. The average Bonchev–Trinajstić information content (AvgIpc) is 2.27. The summed E-state index contributed by atoms with van der Waals surface area (Å²) in [6, 6.07) is 6.65. The van der Waals surface area contributed by atoms with Crippen LogP contribution in [0.1, 0.15) is 11.1 Å². The summed E-state index contributed by atoms with van der Waals surface area (Å²) >= 11 is 0. The number of rotatable bonds is 0. The van der Waals surface area contributed by atoms with Crippen LogP contribution in [-0.4, -0.2) is 13.1 Å². The maximum absolute atomic E-state index is 10.7. The summed E-state index contributed by atoms with van der Waals surface area (Å²) in [7, 11) is 1.25. The zero-order chi connectivity index (χ0) is 11.3. The van der Waals surface area contributed by atoms with Gasteiger partial charge in [0.25, 0.3) is 0 Å². The van der Waals surface area contributed by atoms with Crippen molar-refractivity contribution >= 4 is 11.7 Å². The minimum atomic E-state index is -0.620. The van der Waals surface area contributed by atoms with E-state index in [-0.39, 0.29) is 0 Å². The number of nitrogens with zero attached hydrogens (tertiary/aromatic N) is 1. The second-order valence-electron chi connectivity index (χ2n) is 2.66. The highest BCUT2D eigenvalue weighted by Gasteiger charge is 1.98. The number of benzene rings is 1. The Labute approximate surface area is 87.3 Å². The van der Waals surface area contributed by atoms with Crippen LogP contribution in [-0.2, 0) is 9.53 Å². The number of nitrogens with two attached hydrogens (primary N) is 1. The lowest BCUT2D eigenvalue weighted by atomic mass is 10.1. The van der Waals surface area contributed by atoms with Crippen LogP contribution in [0.2, 0.25) is 0 Å². The highest BCUT2D eigenvalue weighted by molar-refractivity contribution is 5.89. The molecule has 0 unspecified atom stereocenters. The van der Waals surface area contributed by atoms with Gasteiger partial charge in [-0.25, -0.2) is 4.79 Å². The molecule has 0 spiro atoms. The predicted octanol–water partition coefficient (Wildman–Crippen LogP) is 0.665. The van der Waals surface area contributed by atoms with E-state index < -0.39 is 5.97 Å². The zero-order valence-electron chi connectivity index (χ0n) is 8.07. The van der Waals surface area contributed by atoms with Gasteiger partial charge < -0.3 is 10.5 Å². The van der Waals surface area contributed by atoms with Gasteiger partial charge in [-0.15, -0.1) is 0 Å². The van der Waals surface area contributed by atoms with Gasteiger partial charge in [-0.2, -0.15) is 5.26 Å². The van der Waals surface area contributed by atoms with Gasteiger partial charge in [0, 0.05) is 17.2 Å². The molecule has 0 saturated carbocycles. The lowest BCUT2D eigenvalue weighted by Crippen LogP contribution is -1.95. The van der Waals surface area contributed by atoms with Crippen molar-refractivity contribution in [2.45, 2.75) is 0 Å². The van der Waals surface area contributed by atoms with Gasteiger partial charge in [0.15, 0.2) is 0 Å². The largest absolute Gasteiger partial charge is 0.459 e. The second-order valence-corrected chi connectivity index (χ2v) is 2.66. The molecule has 0 radical (unpaired) electrons. The Morgan fingerprint density at radius 2 is 2.27 bits per heavy atom. The number of carbonyl (C=O) groups is 1. The molecule has 2 N–H and O–H groups in total. The van der Waals surface area contributed by atoms with Crippen molar-refractivity contribution in [3.63, 3.8) is 0 Å². The van der Waals surface area contributed by atoms with Crippen LogP contribution in [0, 0.1) is 23.2 Å². The molecule has 15 heavy (non-hydrogen) atoms. The predicted molar refractivity (Wildman–Crippen MR) is 54.5 cm³/mol. The van der Waals surface area contributed by atoms with Crippen LogP contribution in [0.15, 0.2) is 18.2 Å². The summed E-state index contributed by atoms with van der Waals surface area (Å²) in [5, 5.41) is 8.70. The van der Waals surface area contributed by atoms with Crippen molar-refractivity contribution in [1.29, 1.82) is 5.26 Å². The summed E-state index contributed by atoms with van der Waals surface area (Å²) < 4.78 is 4.35. The van der Waals surface area contributed by atoms with Gasteiger partial charge in [0.2, 0.25) is 0 Å². The van der Waals surface area contributed by atoms with Crippen LogP contribution < -0.4 is 5.73 Å². The van der Waals surface area contributed by atoms with E-state index in [1.807, 2.05) is 6.07 Å². The van der Waals surface area contributed by atoms with Gasteiger partial charge >= 0.3 is 5.97 Å². The lowest BCUT2D eigenvalue weighted by molar-refractivity contribution is -0.133. The minimum absolute atomic E-state index is 0.340. The second kappa shape index (κ2) is 4.69. The van der Waals surface area contributed by atoms with E-state index in [1.54, 1.807) is 12.1 Å². The third kappa shape index (κ3) is 2.75. The average molecular weight is 200 g/mol. The van der Waals surface area contributed by atoms with Crippen LogP contribution >= 0.6 is 0 Å². The van der Waals surface area contributed by atoms with Gasteiger partial charge in [-0.05, 0) is 18.2 Å². The highest BCUT2D eigenvalue weighted by Crippen LogP contribution is 2.11. The molecular weight excluding hydrogens is 192 g/mol. The Balaban J connectivity index is 3.02. The summed E-state index contributed by atoms with van der Waals surface area (Å²) in [4.78, 5) is 10.7. The standard InChI is InChI=1S/C11H8N2O2/c1-15-11(14)5-3-8-2-4-10(13)9(6-8)7-12/h2,4,6H,13H2,1H3. The van der Waals surface area contributed by atoms with Crippen molar-refractivity contribution in [2.75, 3.05) is 12.8 Å². The maximum atomic E-state index is 10.7. The first-order valence-electron chi connectivity index (χ1n) is 4.07. The van der Waals surface area contributed by atoms with Crippen LogP contribution in [0.3, 0.4) is 0 Å². The Morgan fingerprint density at radius 1 is 1.53 bits per heavy atom. The fourth-order valence-corrected chi connectivity index (χ4v) is 0.905. The van der Waals surface area contributed by atoms with E-state index in [0.29, 0.717) is 16.8 Å². The Kier molecular flexibility index (Phi) is 3.32. The molecule has 0 fully saturated rings. The fraction of sp³-hybridized carbons (Fsp3) is 0.0909. The van der Waals surface area contributed by atoms with Gasteiger partial charge in [0.05, 0.1) is 12.7 Å². The summed E-state index contributed by atoms with van der Waals surface area (Å²) in [6.45, 7) is 0. The third-order valence-electron chi connectivity index (χ3n) is 1.67. The van der Waals surface area contributed by atoms with Gasteiger partial charge in [0.1, 0.15) is 6.07 Å². The molecule has 0 amide bonds. The zero-order valence-corrected chi connectivity index (χ0v) is 8.07. The molecular formula is C11H8N2O2. The van der Waals surface area contributed by atoms with Gasteiger partial charge in [-0.3, -0.25) is 0 Å². The molecule has 74 valence electrons. The quantitative estimate of drug-likeness (QED) is 0.379. The number of ether oxygens (including phenoxy) is 1.